The molecule has 20 heavy (non-hydrogen) atoms. The summed E-state index contributed by atoms with van der Waals surface area (Å²) in [6, 6.07) is 0. The average molecular weight is 275 g/mol. The number of imidazole rings is 2. The van der Waals surface area contributed by atoms with Crippen molar-refractivity contribution in [2.45, 2.75) is 59.5 Å². The van der Waals surface area contributed by atoms with Gasteiger partial charge in [0.15, 0.2) is 0 Å². The van der Waals surface area contributed by atoms with Gasteiger partial charge in [0, 0.05) is 19.0 Å². The Labute approximate surface area is 120 Å². The predicted molar refractivity (Wildman–Crippen MR) is 82.5 cm³/mol. The molecule has 0 aromatic carbocycles. The van der Waals surface area contributed by atoms with E-state index in [4.69, 9.17) is 10.7 Å². The highest BCUT2D eigenvalue weighted by Crippen LogP contribution is 2.29. The zero-order chi connectivity index (χ0) is 14.7. The SMILES string of the molecule is CCCCn1c(C(C)C)nc(-c2cncn2CC)c1N. The molecule has 2 aromatic heterocycles. The molecule has 0 aliphatic rings. The lowest BCUT2D eigenvalue weighted by atomic mass is 10.2. The van der Waals surface area contributed by atoms with Crippen molar-refractivity contribution in [1.82, 2.24) is 19.1 Å². The fraction of sp³-hybridized carbons (Fsp3) is 0.600. The van der Waals surface area contributed by atoms with Crippen molar-refractivity contribution in [3.63, 3.8) is 0 Å². The maximum absolute atomic E-state index is 6.36. The van der Waals surface area contributed by atoms with Gasteiger partial charge in [0.1, 0.15) is 17.3 Å². The molecule has 0 unspecified atom stereocenters. The zero-order valence-electron chi connectivity index (χ0n) is 12.9. The van der Waals surface area contributed by atoms with Gasteiger partial charge in [0.25, 0.3) is 0 Å². The molecule has 0 saturated carbocycles. The number of nitrogen functional groups attached to an aromatic ring is 1. The Morgan fingerprint density at radius 3 is 2.65 bits per heavy atom. The second-order valence-electron chi connectivity index (χ2n) is 5.43. The summed E-state index contributed by atoms with van der Waals surface area (Å²) >= 11 is 0. The van der Waals surface area contributed by atoms with Gasteiger partial charge < -0.3 is 14.9 Å². The Balaban J connectivity index is 2.49. The van der Waals surface area contributed by atoms with Crippen LogP contribution in [0.25, 0.3) is 11.4 Å². The van der Waals surface area contributed by atoms with E-state index < -0.39 is 0 Å². The van der Waals surface area contributed by atoms with Crippen LogP contribution >= 0.6 is 0 Å². The molecule has 2 heterocycles. The van der Waals surface area contributed by atoms with E-state index in [1.54, 1.807) is 0 Å². The Bertz CT molecular complexity index is 565. The van der Waals surface area contributed by atoms with E-state index in [0.717, 1.165) is 49.0 Å². The Hall–Kier alpha value is -1.78. The van der Waals surface area contributed by atoms with Gasteiger partial charge in [-0.05, 0) is 13.3 Å². The topological polar surface area (TPSA) is 61.7 Å². The highest BCUT2D eigenvalue weighted by atomic mass is 15.2. The highest BCUT2D eigenvalue weighted by Gasteiger charge is 2.19. The van der Waals surface area contributed by atoms with Crippen molar-refractivity contribution in [2.75, 3.05) is 5.73 Å². The van der Waals surface area contributed by atoms with Crippen LogP contribution in [-0.2, 0) is 13.1 Å². The number of hydrogen-bond donors (Lipinski definition) is 1. The summed E-state index contributed by atoms with van der Waals surface area (Å²) < 4.78 is 4.24. The highest BCUT2D eigenvalue weighted by molar-refractivity contribution is 5.68. The third-order valence-corrected chi connectivity index (χ3v) is 3.58. The lowest BCUT2D eigenvalue weighted by molar-refractivity contribution is 0.588. The molecule has 5 heteroatoms. The quantitative estimate of drug-likeness (QED) is 0.880. The normalized spacial score (nSPS) is 11.4. The first-order chi connectivity index (χ1) is 9.60. The lowest BCUT2D eigenvalue weighted by Gasteiger charge is -2.11. The molecule has 2 rings (SSSR count). The second-order valence-corrected chi connectivity index (χ2v) is 5.43. The van der Waals surface area contributed by atoms with Gasteiger partial charge in [0.05, 0.1) is 18.2 Å². The van der Waals surface area contributed by atoms with E-state index in [9.17, 15) is 0 Å². The number of anilines is 1. The van der Waals surface area contributed by atoms with Gasteiger partial charge >= 0.3 is 0 Å². The van der Waals surface area contributed by atoms with Crippen LogP contribution in [0.4, 0.5) is 5.82 Å². The molecule has 2 N–H and O–H groups in total. The van der Waals surface area contributed by atoms with E-state index >= 15 is 0 Å². The number of aryl methyl sites for hydroxylation is 1. The van der Waals surface area contributed by atoms with Gasteiger partial charge in [-0.1, -0.05) is 27.2 Å². The minimum atomic E-state index is 0.362. The van der Waals surface area contributed by atoms with Crippen molar-refractivity contribution in [2.24, 2.45) is 0 Å². The number of aromatic nitrogens is 4. The largest absolute Gasteiger partial charge is 0.383 e. The molecule has 0 spiro atoms. The molecular formula is C15H25N5. The molecule has 0 radical (unpaired) electrons. The maximum Gasteiger partial charge on any atom is 0.133 e. The molecule has 0 atom stereocenters. The summed E-state index contributed by atoms with van der Waals surface area (Å²) in [5.74, 6) is 2.19. The number of nitrogens with zero attached hydrogens (tertiary/aromatic N) is 4. The van der Waals surface area contributed by atoms with Gasteiger partial charge in [-0.3, -0.25) is 0 Å². The smallest absolute Gasteiger partial charge is 0.133 e. The summed E-state index contributed by atoms with van der Waals surface area (Å²) in [4.78, 5) is 9.00. The summed E-state index contributed by atoms with van der Waals surface area (Å²) in [7, 11) is 0. The zero-order valence-corrected chi connectivity index (χ0v) is 12.9. The number of hydrogen-bond acceptors (Lipinski definition) is 3. The summed E-state index contributed by atoms with van der Waals surface area (Å²) in [5, 5.41) is 0. The average Bonchev–Trinajstić information content (AvgIpc) is 3.00. The fourth-order valence-corrected chi connectivity index (χ4v) is 2.43. The second kappa shape index (κ2) is 6.11. The van der Waals surface area contributed by atoms with Gasteiger partial charge in [-0.2, -0.15) is 0 Å². The molecule has 2 aromatic rings. The minimum absolute atomic E-state index is 0.362. The predicted octanol–water partition coefficient (Wildman–Crippen LogP) is 3.27. The van der Waals surface area contributed by atoms with Crippen LogP contribution in [0.1, 0.15) is 52.3 Å². The monoisotopic (exact) mass is 275 g/mol. The standard InChI is InChI=1S/C15H25N5/c1-5-7-8-20-14(16)13(18-15(20)11(3)4)12-9-17-10-19(12)6-2/h9-11H,5-8,16H2,1-4H3. The lowest BCUT2D eigenvalue weighted by Crippen LogP contribution is -2.08. The fourth-order valence-electron chi connectivity index (χ4n) is 2.43. The first-order valence-corrected chi connectivity index (χ1v) is 7.46. The van der Waals surface area contributed by atoms with Crippen LogP contribution in [0.3, 0.4) is 0 Å². The molecular weight excluding hydrogens is 250 g/mol. The summed E-state index contributed by atoms with van der Waals surface area (Å²) in [5.41, 5.74) is 8.22. The first-order valence-electron chi connectivity index (χ1n) is 7.46. The molecule has 0 aliphatic heterocycles. The van der Waals surface area contributed by atoms with E-state index in [0.29, 0.717) is 5.92 Å². The molecule has 110 valence electrons. The number of rotatable bonds is 6. The van der Waals surface area contributed by atoms with E-state index in [1.165, 1.54) is 0 Å². The van der Waals surface area contributed by atoms with Crippen LogP contribution in [0, 0.1) is 0 Å². The van der Waals surface area contributed by atoms with Gasteiger partial charge in [-0.25, -0.2) is 9.97 Å². The van der Waals surface area contributed by atoms with Crippen molar-refractivity contribution >= 4 is 5.82 Å². The van der Waals surface area contributed by atoms with Crippen molar-refractivity contribution in [3.05, 3.63) is 18.3 Å². The summed E-state index contributed by atoms with van der Waals surface area (Å²) in [6.07, 6.45) is 5.94. The Morgan fingerprint density at radius 2 is 2.05 bits per heavy atom. The summed E-state index contributed by atoms with van der Waals surface area (Å²) in [6.45, 7) is 10.4. The van der Waals surface area contributed by atoms with Crippen LogP contribution in [0.15, 0.2) is 12.5 Å². The molecule has 0 bridgehead atoms. The number of unbranched alkanes of at least 4 members (excludes halogenated alkanes) is 1. The van der Waals surface area contributed by atoms with Crippen LogP contribution < -0.4 is 5.73 Å². The third kappa shape index (κ3) is 2.57. The van der Waals surface area contributed by atoms with Crippen LogP contribution in [0.2, 0.25) is 0 Å². The van der Waals surface area contributed by atoms with Crippen LogP contribution in [-0.4, -0.2) is 19.1 Å². The minimum Gasteiger partial charge on any atom is -0.383 e. The Morgan fingerprint density at radius 1 is 1.30 bits per heavy atom. The maximum atomic E-state index is 6.36. The van der Waals surface area contributed by atoms with Gasteiger partial charge in [0.2, 0.25) is 0 Å². The van der Waals surface area contributed by atoms with Crippen molar-refractivity contribution in [3.8, 4) is 11.4 Å². The first kappa shape index (κ1) is 14.6. The van der Waals surface area contributed by atoms with Crippen molar-refractivity contribution < 1.29 is 0 Å². The van der Waals surface area contributed by atoms with E-state index in [-0.39, 0.29) is 0 Å². The molecule has 5 nitrogen and oxygen atoms in total. The Kier molecular flexibility index (Phi) is 4.47. The molecule has 0 amide bonds. The van der Waals surface area contributed by atoms with Crippen molar-refractivity contribution in [1.29, 1.82) is 0 Å². The number of nitrogens with two attached hydrogens (primary N) is 1. The van der Waals surface area contributed by atoms with Crippen LogP contribution in [0.5, 0.6) is 0 Å². The van der Waals surface area contributed by atoms with E-state index in [2.05, 4.69) is 41.8 Å². The van der Waals surface area contributed by atoms with E-state index in [1.807, 2.05) is 12.5 Å². The molecule has 0 saturated heterocycles. The molecule has 0 aliphatic carbocycles. The molecule has 0 fully saturated rings. The van der Waals surface area contributed by atoms with Gasteiger partial charge in [-0.15, -0.1) is 0 Å². The third-order valence-electron chi connectivity index (χ3n) is 3.58.